The molecule has 1 aliphatic heterocycles. The Morgan fingerprint density at radius 1 is 1.44 bits per heavy atom. The van der Waals surface area contributed by atoms with Gasteiger partial charge in [0.2, 0.25) is 0 Å². The van der Waals surface area contributed by atoms with Crippen LogP contribution < -0.4 is 5.32 Å². The molecule has 54 valence electrons. The van der Waals surface area contributed by atoms with Crippen molar-refractivity contribution in [3.63, 3.8) is 0 Å². The Morgan fingerprint density at radius 3 is 2.56 bits per heavy atom. The van der Waals surface area contributed by atoms with Gasteiger partial charge in [-0.3, -0.25) is 0 Å². The Labute approximate surface area is 56.3 Å². The summed E-state index contributed by atoms with van der Waals surface area (Å²) in [5, 5.41) is 12.6. The maximum atomic E-state index is 9.31. The lowest BCUT2D eigenvalue weighted by Gasteiger charge is -2.29. The molecule has 2 N–H and O–H groups in total. The first-order valence-corrected chi connectivity index (χ1v) is 3.61. The summed E-state index contributed by atoms with van der Waals surface area (Å²) in [5.74, 6) is 0.432. The molecule has 1 fully saturated rings. The first-order valence-electron chi connectivity index (χ1n) is 3.61. The fourth-order valence-electron chi connectivity index (χ4n) is 1.20. The summed E-state index contributed by atoms with van der Waals surface area (Å²) in [7, 11) is 0. The van der Waals surface area contributed by atoms with Crippen molar-refractivity contribution >= 4 is 0 Å². The molecule has 0 radical (unpaired) electrons. The van der Waals surface area contributed by atoms with Gasteiger partial charge in [-0.15, -0.1) is 0 Å². The second-order valence-corrected chi connectivity index (χ2v) is 3.09. The largest absolute Gasteiger partial charge is 0.393 e. The number of piperidine rings is 1. The van der Waals surface area contributed by atoms with Gasteiger partial charge in [0.05, 0.1) is 6.10 Å². The van der Waals surface area contributed by atoms with Crippen molar-refractivity contribution in [2.75, 3.05) is 6.54 Å². The zero-order valence-electron chi connectivity index (χ0n) is 6.09. The van der Waals surface area contributed by atoms with Crippen LogP contribution in [0.3, 0.4) is 0 Å². The van der Waals surface area contributed by atoms with E-state index in [1.165, 1.54) is 0 Å². The fourth-order valence-corrected chi connectivity index (χ4v) is 1.20. The van der Waals surface area contributed by atoms with Gasteiger partial charge in [-0.05, 0) is 19.3 Å². The SMILES string of the molecule is C[C@@H]1C[C@H](O)[C@@H](C)CN1. The van der Waals surface area contributed by atoms with E-state index < -0.39 is 0 Å². The number of hydrogen-bond acceptors (Lipinski definition) is 2. The van der Waals surface area contributed by atoms with E-state index in [9.17, 15) is 5.11 Å². The van der Waals surface area contributed by atoms with Crippen molar-refractivity contribution in [3.8, 4) is 0 Å². The molecule has 1 rings (SSSR count). The Hall–Kier alpha value is -0.0800. The molecule has 1 saturated heterocycles. The summed E-state index contributed by atoms with van der Waals surface area (Å²) in [5.41, 5.74) is 0. The molecule has 0 aromatic heterocycles. The summed E-state index contributed by atoms with van der Waals surface area (Å²) >= 11 is 0. The minimum absolute atomic E-state index is 0.0822. The van der Waals surface area contributed by atoms with Crippen LogP contribution in [0.5, 0.6) is 0 Å². The zero-order chi connectivity index (χ0) is 6.85. The molecule has 3 atom stereocenters. The average molecular weight is 129 g/mol. The highest BCUT2D eigenvalue weighted by molar-refractivity contribution is 4.78. The third kappa shape index (κ3) is 1.66. The average Bonchev–Trinajstić information content (AvgIpc) is 1.80. The van der Waals surface area contributed by atoms with Crippen LogP contribution in [0.4, 0.5) is 0 Å². The third-order valence-electron chi connectivity index (χ3n) is 2.04. The Kier molecular flexibility index (Phi) is 2.09. The van der Waals surface area contributed by atoms with E-state index in [2.05, 4.69) is 19.2 Å². The van der Waals surface area contributed by atoms with Crippen molar-refractivity contribution in [2.24, 2.45) is 5.92 Å². The number of aliphatic hydroxyl groups excluding tert-OH is 1. The first-order chi connectivity index (χ1) is 4.20. The summed E-state index contributed by atoms with van der Waals surface area (Å²) in [6.45, 7) is 5.14. The molecule has 1 aliphatic rings. The van der Waals surface area contributed by atoms with Crippen molar-refractivity contribution in [3.05, 3.63) is 0 Å². The van der Waals surface area contributed by atoms with Crippen molar-refractivity contribution in [2.45, 2.75) is 32.4 Å². The van der Waals surface area contributed by atoms with Crippen LogP contribution in [0, 0.1) is 5.92 Å². The second-order valence-electron chi connectivity index (χ2n) is 3.09. The monoisotopic (exact) mass is 129 g/mol. The maximum absolute atomic E-state index is 9.31. The summed E-state index contributed by atoms with van der Waals surface area (Å²) in [4.78, 5) is 0. The van der Waals surface area contributed by atoms with E-state index in [0.717, 1.165) is 13.0 Å². The van der Waals surface area contributed by atoms with E-state index in [4.69, 9.17) is 0 Å². The lowest BCUT2D eigenvalue weighted by Crippen LogP contribution is -2.43. The zero-order valence-corrected chi connectivity index (χ0v) is 6.09. The molecule has 0 bridgehead atoms. The standard InChI is InChI=1S/C7H15NO/c1-5-4-8-6(2)3-7(5)9/h5-9H,3-4H2,1-2H3/t5-,6+,7-/m0/s1. The van der Waals surface area contributed by atoms with Gasteiger partial charge in [0.15, 0.2) is 0 Å². The van der Waals surface area contributed by atoms with Crippen LogP contribution in [-0.2, 0) is 0 Å². The van der Waals surface area contributed by atoms with Gasteiger partial charge >= 0.3 is 0 Å². The van der Waals surface area contributed by atoms with Crippen LogP contribution in [0.15, 0.2) is 0 Å². The normalized spacial score (nSPS) is 45.0. The molecular weight excluding hydrogens is 114 g/mol. The molecule has 0 aliphatic carbocycles. The molecule has 2 heteroatoms. The van der Waals surface area contributed by atoms with Gasteiger partial charge in [-0.25, -0.2) is 0 Å². The van der Waals surface area contributed by atoms with Crippen molar-refractivity contribution in [1.82, 2.24) is 5.32 Å². The Bertz CT molecular complexity index is 94.9. The number of aliphatic hydroxyl groups is 1. The molecule has 0 unspecified atom stereocenters. The second kappa shape index (κ2) is 2.67. The van der Waals surface area contributed by atoms with E-state index in [1.54, 1.807) is 0 Å². The minimum Gasteiger partial charge on any atom is -0.393 e. The highest BCUT2D eigenvalue weighted by atomic mass is 16.3. The summed E-state index contributed by atoms with van der Waals surface area (Å²) in [6, 6.07) is 0.496. The molecule has 0 amide bonds. The van der Waals surface area contributed by atoms with Crippen LogP contribution in [-0.4, -0.2) is 23.8 Å². The van der Waals surface area contributed by atoms with Gasteiger partial charge in [0.1, 0.15) is 0 Å². The highest BCUT2D eigenvalue weighted by Gasteiger charge is 2.22. The van der Waals surface area contributed by atoms with E-state index >= 15 is 0 Å². The Morgan fingerprint density at radius 2 is 2.11 bits per heavy atom. The number of nitrogens with one attached hydrogen (secondary N) is 1. The van der Waals surface area contributed by atoms with Gasteiger partial charge in [0, 0.05) is 12.6 Å². The van der Waals surface area contributed by atoms with Gasteiger partial charge in [-0.1, -0.05) is 6.92 Å². The van der Waals surface area contributed by atoms with Crippen molar-refractivity contribution in [1.29, 1.82) is 0 Å². The number of rotatable bonds is 0. The van der Waals surface area contributed by atoms with Crippen LogP contribution >= 0.6 is 0 Å². The molecule has 2 nitrogen and oxygen atoms in total. The third-order valence-corrected chi connectivity index (χ3v) is 2.04. The van der Waals surface area contributed by atoms with E-state index in [0.29, 0.717) is 12.0 Å². The van der Waals surface area contributed by atoms with Crippen LogP contribution in [0.25, 0.3) is 0 Å². The molecule has 1 heterocycles. The summed E-state index contributed by atoms with van der Waals surface area (Å²) in [6.07, 6.45) is 0.822. The molecule has 0 saturated carbocycles. The fraction of sp³-hybridized carbons (Fsp3) is 1.00. The van der Waals surface area contributed by atoms with Crippen LogP contribution in [0.2, 0.25) is 0 Å². The highest BCUT2D eigenvalue weighted by Crippen LogP contribution is 2.13. The van der Waals surface area contributed by atoms with Crippen molar-refractivity contribution < 1.29 is 5.11 Å². The smallest absolute Gasteiger partial charge is 0.0592 e. The number of hydrogen-bond donors (Lipinski definition) is 2. The maximum Gasteiger partial charge on any atom is 0.0592 e. The van der Waals surface area contributed by atoms with Gasteiger partial charge in [0.25, 0.3) is 0 Å². The van der Waals surface area contributed by atoms with E-state index in [1.807, 2.05) is 0 Å². The minimum atomic E-state index is -0.0822. The predicted molar refractivity (Wildman–Crippen MR) is 37.3 cm³/mol. The van der Waals surface area contributed by atoms with Gasteiger partial charge in [-0.2, -0.15) is 0 Å². The topological polar surface area (TPSA) is 32.3 Å². The first kappa shape index (κ1) is 7.03. The lowest BCUT2D eigenvalue weighted by atomic mass is 9.94. The van der Waals surface area contributed by atoms with Gasteiger partial charge < -0.3 is 10.4 Å². The lowest BCUT2D eigenvalue weighted by molar-refractivity contribution is 0.0725. The Balaban J connectivity index is 2.35. The quantitative estimate of drug-likeness (QED) is 0.495. The molecule has 0 aromatic carbocycles. The summed E-state index contributed by atoms with van der Waals surface area (Å²) < 4.78 is 0. The molecule has 0 spiro atoms. The van der Waals surface area contributed by atoms with E-state index in [-0.39, 0.29) is 6.10 Å². The van der Waals surface area contributed by atoms with Crippen LogP contribution in [0.1, 0.15) is 20.3 Å². The molecular formula is C7H15NO. The predicted octanol–water partition coefficient (Wildman–Crippen LogP) is 0.365. The molecule has 0 aromatic rings. The molecule has 9 heavy (non-hydrogen) atoms.